The number of halogens is 2. The quantitative estimate of drug-likeness (QED) is 0.394. The summed E-state index contributed by atoms with van der Waals surface area (Å²) in [5, 5.41) is 14.0. The fourth-order valence-corrected chi connectivity index (χ4v) is 4.00. The summed E-state index contributed by atoms with van der Waals surface area (Å²) in [7, 11) is -4.16. The van der Waals surface area contributed by atoms with Gasteiger partial charge < -0.3 is 5.32 Å². The predicted octanol–water partition coefficient (Wildman–Crippen LogP) is 4.95. The number of nitro benzene ring substituents is 1. The van der Waals surface area contributed by atoms with Gasteiger partial charge in [0.05, 0.1) is 31.8 Å². The van der Waals surface area contributed by atoms with Crippen LogP contribution < -0.4 is 10.0 Å². The number of nitrogens with zero attached hydrogens (tertiary/aromatic N) is 1. The van der Waals surface area contributed by atoms with Gasteiger partial charge in [-0.1, -0.05) is 41.4 Å². The molecule has 0 aliphatic heterocycles. The highest BCUT2D eigenvalue weighted by molar-refractivity contribution is 7.92. The van der Waals surface area contributed by atoms with Gasteiger partial charge in [-0.15, -0.1) is 0 Å². The number of nitro groups is 1. The molecule has 0 aliphatic rings. The first-order chi connectivity index (χ1) is 14.2. The van der Waals surface area contributed by atoms with E-state index in [1.165, 1.54) is 48.5 Å². The minimum atomic E-state index is -4.16. The van der Waals surface area contributed by atoms with Crippen LogP contribution in [-0.2, 0) is 10.0 Å². The van der Waals surface area contributed by atoms with Gasteiger partial charge in [-0.05, 0) is 36.4 Å². The van der Waals surface area contributed by atoms with Crippen LogP contribution in [0, 0.1) is 10.1 Å². The van der Waals surface area contributed by atoms with E-state index in [4.69, 9.17) is 23.2 Å². The number of amides is 1. The van der Waals surface area contributed by atoms with E-state index in [9.17, 15) is 23.3 Å². The molecule has 3 aromatic rings. The van der Waals surface area contributed by atoms with Crippen LogP contribution in [-0.4, -0.2) is 19.2 Å². The molecule has 2 N–H and O–H groups in total. The van der Waals surface area contributed by atoms with Crippen molar-refractivity contribution in [3.05, 3.63) is 92.5 Å². The Morgan fingerprint density at radius 3 is 2.33 bits per heavy atom. The van der Waals surface area contributed by atoms with Crippen molar-refractivity contribution < 1.29 is 18.1 Å². The molecule has 8 nitrogen and oxygen atoms in total. The van der Waals surface area contributed by atoms with Gasteiger partial charge in [0, 0.05) is 17.2 Å². The van der Waals surface area contributed by atoms with Crippen LogP contribution in [0.4, 0.5) is 17.1 Å². The molecular weight excluding hydrogens is 453 g/mol. The second-order valence-electron chi connectivity index (χ2n) is 5.98. The second-order valence-corrected chi connectivity index (χ2v) is 8.51. The molecule has 1 amide bonds. The Labute approximate surface area is 181 Å². The lowest BCUT2D eigenvalue weighted by Gasteiger charge is -2.14. The van der Waals surface area contributed by atoms with Crippen LogP contribution in [0.3, 0.4) is 0 Å². The molecule has 0 spiro atoms. The topological polar surface area (TPSA) is 118 Å². The number of para-hydroxylation sites is 2. The van der Waals surface area contributed by atoms with E-state index >= 15 is 0 Å². The van der Waals surface area contributed by atoms with Gasteiger partial charge in [0.2, 0.25) is 0 Å². The second kappa shape index (κ2) is 8.70. The molecule has 0 aromatic heterocycles. The fourth-order valence-electron chi connectivity index (χ4n) is 2.51. The van der Waals surface area contributed by atoms with E-state index in [1.54, 1.807) is 12.1 Å². The third-order valence-corrected chi connectivity index (χ3v) is 5.86. The molecule has 0 saturated heterocycles. The maximum absolute atomic E-state index is 12.7. The Kier molecular flexibility index (Phi) is 6.25. The first-order valence-corrected chi connectivity index (χ1v) is 10.5. The maximum Gasteiger partial charge on any atom is 0.270 e. The van der Waals surface area contributed by atoms with E-state index in [0.717, 1.165) is 6.07 Å². The third kappa shape index (κ3) is 4.88. The summed E-state index contributed by atoms with van der Waals surface area (Å²) in [6.07, 6.45) is 0. The van der Waals surface area contributed by atoms with Gasteiger partial charge in [0.15, 0.2) is 0 Å². The summed E-state index contributed by atoms with van der Waals surface area (Å²) >= 11 is 11.9. The predicted molar refractivity (Wildman–Crippen MR) is 115 cm³/mol. The Balaban J connectivity index is 1.90. The lowest BCUT2D eigenvalue weighted by molar-refractivity contribution is -0.385. The van der Waals surface area contributed by atoms with Gasteiger partial charge >= 0.3 is 0 Å². The molecule has 0 radical (unpaired) electrons. The molecule has 0 saturated carbocycles. The van der Waals surface area contributed by atoms with E-state index in [-0.39, 0.29) is 32.5 Å². The summed E-state index contributed by atoms with van der Waals surface area (Å²) in [6.45, 7) is 0. The zero-order chi connectivity index (χ0) is 21.9. The van der Waals surface area contributed by atoms with Crippen molar-refractivity contribution in [2.75, 3.05) is 10.0 Å². The zero-order valence-corrected chi connectivity index (χ0v) is 17.3. The van der Waals surface area contributed by atoms with Crippen molar-refractivity contribution in [3.63, 3.8) is 0 Å². The molecule has 0 aliphatic carbocycles. The SMILES string of the molecule is O=C(Nc1ccccc1NS(=O)(=O)c1cccc([N+](=O)[O-])c1)c1cc(Cl)ccc1Cl. The van der Waals surface area contributed by atoms with E-state index in [2.05, 4.69) is 10.0 Å². The highest BCUT2D eigenvalue weighted by Crippen LogP contribution is 2.28. The van der Waals surface area contributed by atoms with Crippen LogP contribution in [0.15, 0.2) is 71.6 Å². The largest absolute Gasteiger partial charge is 0.320 e. The Hall–Kier alpha value is -3.14. The van der Waals surface area contributed by atoms with Gasteiger partial charge in [-0.2, -0.15) is 0 Å². The summed E-state index contributed by atoms with van der Waals surface area (Å²) < 4.78 is 27.7. The lowest BCUT2D eigenvalue weighted by atomic mass is 10.2. The van der Waals surface area contributed by atoms with Crippen molar-refractivity contribution >= 4 is 56.2 Å². The molecule has 3 aromatic carbocycles. The van der Waals surface area contributed by atoms with Crippen molar-refractivity contribution in [3.8, 4) is 0 Å². The summed E-state index contributed by atoms with van der Waals surface area (Å²) in [5.41, 5.74) is -0.0290. The number of hydrogen-bond acceptors (Lipinski definition) is 5. The van der Waals surface area contributed by atoms with E-state index < -0.39 is 20.9 Å². The van der Waals surface area contributed by atoms with Crippen molar-refractivity contribution in [2.24, 2.45) is 0 Å². The van der Waals surface area contributed by atoms with Crippen molar-refractivity contribution in [2.45, 2.75) is 4.90 Å². The number of non-ortho nitro benzene ring substituents is 1. The van der Waals surface area contributed by atoms with Crippen molar-refractivity contribution in [1.82, 2.24) is 0 Å². The van der Waals surface area contributed by atoms with Crippen LogP contribution in [0.5, 0.6) is 0 Å². The van der Waals surface area contributed by atoms with Crippen molar-refractivity contribution in [1.29, 1.82) is 0 Å². The molecular formula is C19H13Cl2N3O5S. The van der Waals surface area contributed by atoms with Crippen LogP contribution in [0.2, 0.25) is 10.0 Å². The molecule has 0 unspecified atom stereocenters. The number of carbonyl (C=O) groups is 1. The number of anilines is 2. The minimum absolute atomic E-state index is 0.0653. The zero-order valence-electron chi connectivity index (χ0n) is 15.0. The number of sulfonamides is 1. The lowest BCUT2D eigenvalue weighted by Crippen LogP contribution is -2.17. The molecule has 30 heavy (non-hydrogen) atoms. The minimum Gasteiger partial charge on any atom is -0.320 e. The maximum atomic E-state index is 12.7. The molecule has 11 heteroatoms. The number of carbonyl (C=O) groups excluding carboxylic acids is 1. The standard InChI is InChI=1S/C19H13Cl2N3O5S/c20-12-8-9-16(21)15(10-12)19(25)22-17-6-1-2-7-18(17)23-30(28,29)14-5-3-4-13(11-14)24(26)27/h1-11,23H,(H,22,25). The average Bonchev–Trinajstić information content (AvgIpc) is 2.71. The molecule has 3 rings (SSSR count). The highest BCUT2D eigenvalue weighted by atomic mass is 35.5. The van der Waals surface area contributed by atoms with Crippen LogP contribution >= 0.6 is 23.2 Å². The van der Waals surface area contributed by atoms with E-state index in [1.807, 2.05) is 0 Å². The van der Waals surface area contributed by atoms with Gasteiger partial charge in [0.25, 0.3) is 21.6 Å². The van der Waals surface area contributed by atoms with Gasteiger partial charge in [-0.25, -0.2) is 8.42 Å². The first-order valence-electron chi connectivity index (χ1n) is 8.30. The fraction of sp³-hybridized carbons (Fsp3) is 0. The molecule has 154 valence electrons. The summed E-state index contributed by atoms with van der Waals surface area (Å²) in [4.78, 5) is 22.5. The third-order valence-electron chi connectivity index (χ3n) is 3.93. The monoisotopic (exact) mass is 465 g/mol. The van der Waals surface area contributed by atoms with Crippen LogP contribution in [0.25, 0.3) is 0 Å². The van der Waals surface area contributed by atoms with Gasteiger partial charge in [0.1, 0.15) is 0 Å². The van der Waals surface area contributed by atoms with E-state index in [0.29, 0.717) is 5.02 Å². The molecule has 0 fully saturated rings. The number of hydrogen-bond donors (Lipinski definition) is 2. The number of benzene rings is 3. The summed E-state index contributed by atoms with van der Waals surface area (Å²) in [6, 6.07) is 15.1. The number of rotatable bonds is 6. The van der Waals surface area contributed by atoms with Crippen LogP contribution in [0.1, 0.15) is 10.4 Å². The van der Waals surface area contributed by atoms with Gasteiger partial charge in [-0.3, -0.25) is 19.6 Å². The average molecular weight is 466 g/mol. The number of nitrogens with one attached hydrogen (secondary N) is 2. The highest BCUT2D eigenvalue weighted by Gasteiger charge is 2.20. The molecule has 0 heterocycles. The molecule has 0 bridgehead atoms. The first kappa shape index (κ1) is 21.6. The Morgan fingerprint density at radius 1 is 0.933 bits per heavy atom. The Morgan fingerprint density at radius 2 is 1.63 bits per heavy atom. The molecule has 0 atom stereocenters. The normalized spacial score (nSPS) is 11.0. The summed E-state index contributed by atoms with van der Waals surface area (Å²) in [5.74, 6) is -0.593. The Bertz CT molecular complexity index is 1250. The smallest absolute Gasteiger partial charge is 0.270 e.